The normalized spacial score (nSPS) is 20.5. The lowest BCUT2D eigenvalue weighted by atomic mass is 10.1. The minimum Gasteiger partial charge on any atom is -0.352 e. The van der Waals surface area contributed by atoms with Crippen LogP contribution < -0.4 is 5.32 Å². The standard InChI is InChI=1S/C17H24N4O3/c1-13(17(22)18-15-5-6-15)20-9-7-19(8-10-20)12-14-3-2-4-16(11-14)21(23)24/h2-4,11,13,15H,5-10,12H2,1H3,(H,18,22). The molecule has 1 heterocycles. The number of carbonyl (C=O) groups excluding carboxylic acids is 1. The lowest BCUT2D eigenvalue weighted by Gasteiger charge is -2.37. The van der Waals surface area contributed by atoms with Crippen molar-refractivity contribution in [2.75, 3.05) is 26.2 Å². The third-order valence-corrected chi connectivity index (χ3v) is 4.79. The van der Waals surface area contributed by atoms with Gasteiger partial charge in [-0.1, -0.05) is 12.1 Å². The second-order valence-corrected chi connectivity index (χ2v) is 6.70. The molecule has 1 unspecified atom stereocenters. The molecule has 2 aliphatic rings. The van der Waals surface area contributed by atoms with Gasteiger partial charge in [-0.2, -0.15) is 0 Å². The van der Waals surface area contributed by atoms with Gasteiger partial charge in [0.15, 0.2) is 0 Å². The first-order valence-electron chi connectivity index (χ1n) is 8.53. The molecule has 0 spiro atoms. The summed E-state index contributed by atoms with van der Waals surface area (Å²) in [7, 11) is 0. The molecule has 130 valence electrons. The van der Waals surface area contributed by atoms with Crippen LogP contribution in [0.15, 0.2) is 24.3 Å². The summed E-state index contributed by atoms with van der Waals surface area (Å²) < 4.78 is 0. The molecule has 1 amide bonds. The fraction of sp³-hybridized carbons (Fsp3) is 0.588. The number of nitrogens with zero attached hydrogens (tertiary/aromatic N) is 3. The van der Waals surface area contributed by atoms with E-state index >= 15 is 0 Å². The van der Waals surface area contributed by atoms with Crippen molar-refractivity contribution >= 4 is 11.6 Å². The van der Waals surface area contributed by atoms with E-state index in [1.165, 1.54) is 6.07 Å². The Morgan fingerprint density at radius 2 is 2.04 bits per heavy atom. The summed E-state index contributed by atoms with van der Waals surface area (Å²) in [4.78, 5) is 27.1. The van der Waals surface area contributed by atoms with Crippen LogP contribution in [-0.4, -0.2) is 58.9 Å². The van der Waals surface area contributed by atoms with Gasteiger partial charge < -0.3 is 5.32 Å². The van der Waals surface area contributed by atoms with Crippen molar-refractivity contribution in [1.29, 1.82) is 0 Å². The van der Waals surface area contributed by atoms with Gasteiger partial charge in [0.2, 0.25) is 5.91 Å². The van der Waals surface area contributed by atoms with E-state index in [0.29, 0.717) is 12.6 Å². The first-order chi connectivity index (χ1) is 11.5. The van der Waals surface area contributed by atoms with Crippen molar-refractivity contribution in [1.82, 2.24) is 15.1 Å². The van der Waals surface area contributed by atoms with Gasteiger partial charge in [-0.15, -0.1) is 0 Å². The number of benzene rings is 1. The topological polar surface area (TPSA) is 78.7 Å². The summed E-state index contributed by atoms with van der Waals surface area (Å²) in [5.41, 5.74) is 1.09. The molecule has 0 radical (unpaired) electrons. The molecular formula is C17H24N4O3. The molecule has 1 aromatic carbocycles. The zero-order valence-corrected chi connectivity index (χ0v) is 14.0. The largest absolute Gasteiger partial charge is 0.352 e. The predicted octanol–water partition coefficient (Wildman–Crippen LogP) is 1.38. The Hall–Kier alpha value is -1.99. The van der Waals surface area contributed by atoms with Crippen LogP contribution in [0.25, 0.3) is 0 Å². The quantitative estimate of drug-likeness (QED) is 0.629. The monoisotopic (exact) mass is 332 g/mol. The van der Waals surface area contributed by atoms with Gasteiger partial charge in [0.05, 0.1) is 11.0 Å². The third kappa shape index (κ3) is 4.30. The van der Waals surface area contributed by atoms with Crippen LogP contribution in [0, 0.1) is 10.1 Å². The van der Waals surface area contributed by atoms with Crippen LogP contribution in [0.3, 0.4) is 0 Å². The SMILES string of the molecule is CC(C(=O)NC1CC1)N1CCN(Cc2cccc([N+](=O)[O-])c2)CC1. The lowest BCUT2D eigenvalue weighted by molar-refractivity contribution is -0.384. The van der Waals surface area contributed by atoms with E-state index in [2.05, 4.69) is 15.1 Å². The van der Waals surface area contributed by atoms with E-state index in [4.69, 9.17) is 0 Å². The van der Waals surface area contributed by atoms with Crippen molar-refractivity contribution in [2.45, 2.75) is 38.4 Å². The molecule has 1 aliphatic carbocycles. The summed E-state index contributed by atoms with van der Waals surface area (Å²) in [5, 5.41) is 13.9. The molecule has 7 nitrogen and oxygen atoms in total. The van der Waals surface area contributed by atoms with E-state index in [0.717, 1.165) is 44.6 Å². The van der Waals surface area contributed by atoms with Crippen LogP contribution in [0.2, 0.25) is 0 Å². The lowest BCUT2D eigenvalue weighted by Crippen LogP contribution is -2.53. The molecule has 1 saturated heterocycles. The van der Waals surface area contributed by atoms with E-state index in [9.17, 15) is 14.9 Å². The number of rotatable bonds is 6. The van der Waals surface area contributed by atoms with Crippen LogP contribution >= 0.6 is 0 Å². The number of piperazine rings is 1. The van der Waals surface area contributed by atoms with E-state index in [1.54, 1.807) is 12.1 Å². The molecule has 1 aliphatic heterocycles. The molecule has 24 heavy (non-hydrogen) atoms. The minimum atomic E-state index is -0.360. The highest BCUT2D eigenvalue weighted by Crippen LogP contribution is 2.20. The van der Waals surface area contributed by atoms with Gasteiger partial charge in [-0.3, -0.25) is 24.7 Å². The van der Waals surface area contributed by atoms with Crippen LogP contribution in [0.5, 0.6) is 0 Å². The second kappa shape index (κ2) is 7.27. The molecule has 1 atom stereocenters. The smallest absolute Gasteiger partial charge is 0.269 e. The molecule has 2 fully saturated rings. The molecular weight excluding hydrogens is 308 g/mol. The third-order valence-electron chi connectivity index (χ3n) is 4.79. The van der Waals surface area contributed by atoms with Crippen LogP contribution in [-0.2, 0) is 11.3 Å². The summed E-state index contributed by atoms with van der Waals surface area (Å²) in [6, 6.07) is 7.11. The molecule has 0 aromatic heterocycles. The minimum absolute atomic E-state index is 0.0921. The highest BCUT2D eigenvalue weighted by Gasteiger charge is 2.29. The Labute approximate surface area is 141 Å². The molecule has 3 rings (SSSR count). The number of nitro benzene ring substituents is 1. The Morgan fingerprint density at radius 3 is 2.67 bits per heavy atom. The fourth-order valence-electron chi connectivity index (χ4n) is 3.05. The summed E-state index contributed by atoms with van der Waals surface area (Å²) in [6.45, 7) is 6.09. The Balaban J connectivity index is 1.48. The van der Waals surface area contributed by atoms with Crippen LogP contribution in [0.1, 0.15) is 25.3 Å². The highest BCUT2D eigenvalue weighted by atomic mass is 16.6. The molecule has 0 bridgehead atoms. The summed E-state index contributed by atoms with van der Waals surface area (Å²) in [5.74, 6) is 0.129. The molecule has 1 N–H and O–H groups in total. The van der Waals surface area contributed by atoms with Gasteiger partial charge in [0, 0.05) is 50.9 Å². The van der Waals surface area contributed by atoms with Crippen molar-refractivity contribution in [3.05, 3.63) is 39.9 Å². The Morgan fingerprint density at radius 1 is 1.33 bits per heavy atom. The fourth-order valence-corrected chi connectivity index (χ4v) is 3.05. The van der Waals surface area contributed by atoms with E-state index < -0.39 is 0 Å². The molecule has 7 heteroatoms. The van der Waals surface area contributed by atoms with Crippen molar-refractivity contribution < 1.29 is 9.72 Å². The zero-order valence-electron chi connectivity index (χ0n) is 14.0. The van der Waals surface area contributed by atoms with Crippen LogP contribution in [0.4, 0.5) is 5.69 Å². The van der Waals surface area contributed by atoms with Crippen molar-refractivity contribution in [3.8, 4) is 0 Å². The zero-order chi connectivity index (χ0) is 17.1. The second-order valence-electron chi connectivity index (χ2n) is 6.70. The summed E-state index contributed by atoms with van der Waals surface area (Å²) >= 11 is 0. The Bertz CT molecular complexity index is 610. The van der Waals surface area contributed by atoms with Crippen molar-refractivity contribution in [2.24, 2.45) is 0 Å². The number of nitro groups is 1. The number of hydrogen-bond donors (Lipinski definition) is 1. The maximum Gasteiger partial charge on any atom is 0.269 e. The van der Waals surface area contributed by atoms with Gasteiger partial charge in [0.25, 0.3) is 5.69 Å². The first kappa shape index (κ1) is 16.9. The average molecular weight is 332 g/mol. The first-order valence-corrected chi connectivity index (χ1v) is 8.53. The van der Waals surface area contributed by atoms with Gasteiger partial charge >= 0.3 is 0 Å². The molecule has 1 saturated carbocycles. The van der Waals surface area contributed by atoms with E-state index in [-0.39, 0.29) is 22.6 Å². The summed E-state index contributed by atoms with van der Waals surface area (Å²) in [6.07, 6.45) is 2.21. The average Bonchev–Trinajstić information content (AvgIpc) is 3.39. The number of hydrogen-bond acceptors (Lipinski definition) is 5. The number of carbonyl (C=O) groups is 1. The van der Waals surface area contributed by atoms with Crippen molar-refractivity contribution in [3.63, 3.8) is 0 Å². The molecule has 1 aromatic rings. The predicted molar refractivity (Wildman–Crippen MR) is 90.6 cm³/mol. The maximum absolute atomic E-state index is 12.1. The van der Waals surface area contributed by atoms with E-state index in [1.807, 2.05) is 13.0 Å². The van der Waals surface area contributed by atoms with Gasteiger partial charge in [-0.25, -0.2) is 0 Å². The maximum atomic E-state index is 12.1. The number of nitrogens with one attached hydrogen (secondary N) is 1. The number of non-ortho nitro benzene ring substituents is 1. The van der Waals surface area contributed by atoms with Gasteiger partial charge in [-0.05, 0) is 25.3 Å². The van der Waals surface area contributed by atoms with Gasteiger partial charge in [0.1, 0.15) is 0 Å². The highest BCUT2D eigenvalue weighted by molar-refractivity contribution is 5.81. The Kier molecular flexibility index (Phi) is 5.11. The number of amides is 1.